The van der Waals surface area contributed by atoms with Crippen molar-refractivity contribution in [2.75, 3.05) is 55.1 Å². The van der Waals surface area contributed by atoms with Crippen LogP contribution in [0.5, 0.6) is 0 Å². The quantitative estimate of drug-likeness (QED) is 0.331. The summed E-state index contributed by atoms with van der Waals surface area (Å²) in [4.78, 5) is 11.5. The molecule has 1 amide bonds. The maximum Gasteiger partial charge on any atom is 0.500 e. The van der Waals surface area contributed by atoms with E-state index in [9.17, 15) is 4.79 Å². The van der Waals surface area contributed by atoms with Gasteiger partial charge in [0.1, 0.15) is 0 Å². The number of hydrogen-bond donors (Lipinski definition) is 1. The van der Waals surface area contributed by atoms with Crippen LogP contribution in [-0.2, 0) is 18.1 Å². The maximum absolute atomic E-state index is 11.5. The molecule has 1 atom stereocenters. The first kappa shape index (κ1) is 22.3. The van der Waals surface area contributed by atoms with Crippen LogP contribution < -0.4 is 5.32 Å². The number of quaternary nitrogens is 1. The van der Waals surface area contributed by atoms with Gasteiger partial charge in [0.2, 0.25) is 5.91 Å². The van der Waals surface area contributed by atoms with Crippen molar-refractivity contribution in [2.24, 2.45) is 5.92 Å². The topological polar surface area (TPSA) is 56.8 Å². The van der Waals surface area contributed by atoms with Gasteiger partial charge in [-0.25, -0.2) is 0 Å². The van der Waals surface area contributed by atoms with E-state index in [1.165, 1.54) is 0 Å². The normalized spacial score (nSPS) is 13.7. The second-order valence-electron chi connectivity index (χ2n) is 6.84. The number of rotatable bonds is 12. The molecule has 0 radical (unpaired) electrons. The Balaban J connectivity index is 4.27. The number of nitrogens with one attached hydrogen (secondary N) is 1. The molecule has 0 aromatic rings. The van der Waals surface area contributed by atoms with E-state index < -0.39 is 8.80 Å². The average Bonchev–Trinajstić information content (AvgIpc) is 2.49. The molecule has 0 spiro atoms. The molecule has 0 aliphatic heterocycles. The summed E-state index contributed by atoms with van der Waals surface area (Å²) >= 11 is 0. The Bertz CT molecular complexity index is 376. The summed E-state index contributed by atoms with van der Waals surface area (Å²) in [5, 5.41) is 2.91. The Labute approximate surface area is 142 Å². The molecule has 0 aromatic carbocycles. The summed E-state index contributed by atoms with van der Waals surface area (Å²) < 4.78 is 17.2. The van der Waals surface area contributed by atoms with Gasteiger partial charge in [-0.2, -0.15) is 0 Å². The largest absolute Gasteiger partial charge is 0.500 e. The minimum absolute atomic E-state index is 0.0711. The number of hydrogen-bond acceptors (Lipinski definition) is 4. The molecule has 0 aromatic heterocycles. The molecule has 0 aliphatic rings. The van der Waals surface area contributed by atoms with E-state index >= 15 is 0 Å². The zero-order chi connectivity index (χ0) is 18.1. The lowest BCUT2D eigenvalue weighted by atomic mass is 10.1. The van der Waals surface area contributed by atoms with Gasteiger partial charge in [-0.3, -0.25) is 4.79 Å². The molecule has 0 bridgehead atoms. The van der Waals surface area contributed by atoms with Crippen molar-refractivity contribution >= 4 is 14.7 Å². The van der Waals surface area contributed by atoms with E-state index in [4.69, 9.17) is 13.3 Å². The fraction of sp³-hybridized carbons (Fsp3) is 0.812. The van der Waals surface area contributed by atoms with Crippen LogP contribution in [-0.4, -0.2) is 74.3 Å². The van der Waals surface area contributed by atoms with Crippen LogP contribution in [0.25, 0.3) is 0 Å². The smallest absolute Gasteiger partial charge is 0.377 e. The molecule has 1 unspecified atom stereocenters. The number of nitrogens with zero attached hydrogens (tertiary/aromatic N) is 1. The predicted octanol–water partition coefficient (Wildman–Crippen LogP) is 1.66. The summed E-state index contributed by atoms with van der Waals surface area (Å²) in [6.07, 6.45) is 0.972. The van der Waals surface area contributed by atoms with Crippen molar-refractivity contribution in [3.8, 4) is 0 Å². The Morgan fingerprint density at radius 2 is 1.74 bits per heavy atom. The fourth-order valence-electron chi connectivity index (χ4n) is 2.70. The van der Waals surface area contributed by atoms with Gasteiger partial charge in [-0.1, -0.05) is 13.5 Å². The second-order valence-corrected chi connectivity index (χ2v) is 9.93. The molecule has 136 valence electrons. The number of carbonyl (C=O) groups is 1. The van der Waals surface area contributed by atoms with Gasteiger partial charge in [-0.05, 0) is 6.92 Å². The highest BCUT2D eigenvalue weighted by molar-refractivity contribution is 6.60. The monoisotopic (exact) mass is 347 g/mol. The van der Waals surface area contributed by atoms with Crippen LogP contribution in [0.1, 0.15) is 20.3 Å². The first-order valence-corrected chi connectivity index (χ1v) is 9.95. The SMILES string of the molecule is C=C(C)C(=O)NCC(C)C[N+](C)(C)CCC[Si](OC)(OC)OC. The molecule has 0 saturated heterocycles. The summed E-state index contributed by atoms with van der Waals surface area (Å²) in [6.45, 7) is 10.2. The molecule has 0 heterocycles. The van der Waals surface area contributed by atoms with Gasteiger partial charge < -0.3 is 23.1 Å². The predicted molar refractivity (Wildman–Crippen MR) is 95.0 cm³/mol. The first-order valence-electron chi connectivity index (χ1n) is 8.02. The van der Waals surface area contributed by atoms with Crippen molar-refractivity contribution in [3.63, 3.8) is 0 Å². The van der Waals surface area contributed by atoms with Gasteiger partial charge in [0.25, 0.3) is 0 Å². The van der Waals surface area contributed by atoms with E-state index in [0.29, 0.717) is 18.0 Å². The zero-order valence-corrected chi connectivity index (χ0v) is 16.9. The Morgan fingerprint density at radius 3 is 2.17 bits per heavy atom. The molecule has 0 fully saturated rings. The van der Waals surface area contributed by atoms with Gasteiger partial charge >= 0.3 is 8.80 Å². The van der Waals surface area contributed by atoms with E-state index in [2.05, 4.69) is 32.9 Å². The van der Waals surface area contributed by atoms with Crippen LogP contribution >= 0.6 is 0 Å². The minimum Gasteiger partial charge on any atom is -0.377 e. The number of carbonyl (C=O) groups excluding carboxylic acids is 1. The molecule has 1 N–H and O–H groups in total. The Hall–Kier alpha value is -0.733. The van der Waals surface area contributed by atoms with Crippen molar-refractivity contribution in [1.82, 2.24) is 5.32 Å². The highest BCUT2D eigenvalue weighted by Gasteiger charge is 2.37. The van der Waals surface area contributed by atoms with Crippen LogP contribution in [0.2, 0.25) is 6.04 Å². The highest BCUT2D eigenvalue weighted by atomic mass is 28.4. The maximum atomic E-state index is 11.5. The van der Waals surface area contributed by atoms with Crippen LogP contribution in [0.15, 0.2) is 12.2 Å². The molecule has 23 heavy (non-hydrogen) atoms. The van der Waals surface area contributed by atoms with Crippen molar-refractivity contribution < 1.29 is 22.6 Å². The average molecular weight is 348 g/mol. The van der Waals surface area contributed by atoms with E-state index in [0.717, 1.165) is 30.0 Å². The summed E-state index contributed by atoms with van der Waals surface area (Å²) in [7, 11) is 6.86. The fourth-order valence-corrected chi connectivity index (χ4v) is 4.40. The molecular weight excluding hydrogens is 312 g/mol. The molecular formula is C16H35N2O4Si+. The second kappa shape index (κ2) is 10.2. The summed E-state index contributed by atoms with van der Waals surface area (Å²) in [6, 6.07) is 0.805. The lowest BCUT2D eigenvalue weighted by molar-refractivity contribution is -0.893. The third-order valence-electron chi connectivity index (χ3n) is 3.98. The third kappa shape index (κ3) is 8.62. The first-order chi connectivity index (χ1) is 10.6. The standard InChI is InChI=1S/C16H34N2O4Si/c1-14(2)16(19)17-12-15(3)13-18(4,5)10-9-11-23(20-6,21-7)22-8/h15H,1,9-13H2,2-8H3/p+1. The summed E-state index contributed by atoms with van der Waals surface area (Å²) in [5.41, 5.74) is 0.547. The molecule has 0 aliphatic carbocycles. The van der Waals surface area contributed by atoms with Crippen molar-refractivity contribution in [2.45, 2.75) is 26.3 Å². The zero-order valence-electron chi connectivity index (χ0n) is 15.9. The molecule has 0 rings (SSSR count). The Morgan fingerprint density at radius 1 is 1.22 bits per heavy atom. The molecule has 6 nitrogen and oxygen atoms in total. The third-order valence-corrected chi connectivity index (χ3v) is 6.82. The minimum atomic E-state index is -2.48. The van der Waals surface area contributed by atoms with E-state index in [1.807, 2.05) is 0 Å². The lowest BCUT2D eigenvalue weighted by Gasteiger charge is -2.33. The molecule has 0 saturated carbocycles. The van der Waals surface area contributed by atoms with Crippen LogP contribution in [0, 0.1) is 5.92 Å². The highest BCUT2D eigenvalue weighted by Crippen LogP contribution is 2.17. The van der Waals surface area contributed by atoms with Crippen molar-refractivity contribution in [1.29, 1.82) is 0 Å². The van der Waals surface area contributed by atoms with E-state index in [1.54, 1.807) is 28.3 Å². The molecule has 7 heteroatoms. The van der Waals surface area contributed by atoms with Crippen LogP contribution in [0.4, 0.5) is 0 Å². The lowest BCUT2D eigenvalue weighted by Crippen LogP contribution is -2.48. The van der Waals surface area contributed by atoms with E-state index in [-0.39, 0.29) is 5.91 Å². The number of amides is 1. The van der Waals surface area contributed by atoms with Crippen molar-refractivity contribution in [3.05, 3.63) is 12.2 Å². The van der Waals surface area contributed by atoms with Crippen LogP contribution in [0.3, 0.4) is 0 Å². The van der Waals surface area contributed by atoms with Gasteiger partial charge in [0, 0.05) is 51.8 Å². The Kier molecular flexibility index (Phi) is 9.87. The van der Waals surface area contributed by atoms with Gasteiger partial charge in [0.15, 0.2) is 0 Å². The van der Waals surface area contributed by atoms with Gasteiger partial charge in [-0.15, -0.1) is 0 Å². The summed E-state index contributed by atoms with van der Waals surface area (Å²) in [5.74, 6) is 0.320. The van der Waals surface area contributed by atoms with Gasteiger partial charge in [0.05, 0.1) is 27.2 Å².